The maximum Gasteiger partial charge on any atom is 0.293 e. The van der Waals surface area contributed by atoms with Crippen LogP contribution in [0.25, 0.3) is 0 Å². The number of hydrogen-bond acceptors (Lipinski definition) is 6. The van der Waals surface area contributed by atoms with Crippen LogP contribution in [0.15, 0.2) is 23.1 Å². The Bertz CT molecular complexity index is 779. The monoisotopic (exact) mass is 412 g/mol. The predicted octanol–water partition coefficient (Wildman–Crippen LogP) is 3.01. The molecular formula is C19H32N4O4S. The topological polar surface area (TPSA) is 95.8 Å². The smallest absolute Gasteiger partial charge is 0.293 e. The molecule has 1 saturated heterocycles. The summed E-state index contributed by atoms with van der Waals surface area (Å²) in [5.74, 6) is 0.862. The maximum atomic E-state index is 12.9. The normalized spacial score (nSPS) is 17.8. The molecular weight excluding hydrogens is 380 g/mol. The lowest BCUT2D eigenvalue weighted by atomic mass is 10.0. The van der Waals surface area contributed by atoms with Gasteiger partial charge in [-0.05, 0) is 50.9 Å². The van der Waals surface area contributed by atoms with E-state index in [1.807, 2.05) is 14.1 Å². The van der Waals surface area contributed by atoms with Crippen LogP contribution < -0.4 is 5.32 Å². The van der Waals surface area contributed by atoms with E-state index < -0.39 is 14.9 Å². The summed E-state index contributed by atoms with van der Waals surface area (Å²) in [4.78, 5) is 13.1. The minimum atomic E-state index is -3.72. The van der Waals surface area contributed by atoms with E-state index in [9.17, 15) is 18.5 Å². The molecule has 0 spiro atoms. The van der Waals surface area contributed by atoms with E-state index >= 15 is 0 Å². The number of nitrogens with zero attached hydrogens (tertiary/aromatic N) is 3. The second-order valence-corrected chi connectivity index (χ2v) is 10.1. The molecule has 1 aromatic rings. The first-order valence-electron chi connectivity index (χ1n) is 9.73. The molecule has 0 amide bonds. The van der Waals surface area contributed by atoms with Gasteiger partial charge >= 0.3 is 0 Å². The highest BCUT2D eigenvalue weighted by atomic mass is 32.2. The van der Waals surface area contributed by atoms with E-state index in [1.165, 1.54) is 22.5 Å². The van der Waals surface area contributed by atoms with E-state index in [0.29, 0.717) is 37.2 Å². The summed E-state index contributed by atoms with van der Waals surface area (Å²) >= 11 is 0. The van der Waals surface area contributed by atoms with Gasteiger partial charge in [0.25, 0.3) is 5.69 Å². The third-order valence-corrected chi connectivity index (χ3v) is 7.38. The summed E-state index contributed by atoms with van der Waals surface area (Å²) < 4.78 is 27.2. The predicted molar refractivity (Wildman–Crippen MR) is 111 cm³/mol. The zero-order chi connectivity index (χ0) is 21.1. The lowest BCUT2D eigenvalue weighted by molar-refractivity contribution is -0.384. The van der Waals surface area contributed by atoms with Gasteiger partial charge in [0.05, 0.1) is 9.82 Å². The first kappa shape index (κ1) is 22.6. The number of nitro benzene ring substituents is 1. The molecule has 8 nitrogen and oxygen atoms in total. The summed E-state index contributed by atoms with van der Waals surface area (Å²) in [6, 6.07) is 4.33. The van der Waals surface area contributed by atoms with E-state index in [4.69, 9.17) is 0 Å². The van der Waals surface area contributed by atoms with Crippen molar-refractivity contribution in [1.29, 1.82) is 0 Å². The van der Waals surface area contributed by atoms with Crippen molar-refractivity contribution in [1.82, 2.24) is 9.21 Å². The number of nitro groups is 1. The van der Waals surface area contributed by atoms with Crippen LogP contribution >= 0.6 is 0 Å². The van der Waals surface area contributed by atoms with Crippen molar-refractivity contribution in [3.8, 4) is 0 Å². The van der Waals surface area contributed by atoms with Crippen molar-refractivity contribution in [3.63, 3.8) is 0 Å². The summed E-state index contributed by atoms with van der Waals surface area (Å²) in [6.07, 6.45) is 1.62. The second kappa shape index (κ2) is 9.19. The van der Waals surface area contributed by atoms with Gasteiger partial charge in [-0.2, -0.15) is 4.31 Å². The van der Waals surface area contributed by atoms with Gasteiger partial charge in [0, 0.05) is 31.7 Å². The van der Waals surface area contributed by atoms with Gasteiger partial charge in [0.15, 0.2) is 0 Å². The van der Waals surface area contributed by atoms with Crippen molar-refractivity contribution in [2.75, 3.05) is 39.0 Å². The van der Waals surface area contributed by atoms with Crippen LogP contribution in [0, 0.1) is 22.0 Å². The Labute approximate surface area is 168 Å². The molecule has 1 aliphatic rings. The average molecular weight is 413 g/mol. The SMILES string of the molecule is CC1CCN(S(=O)(=O)c2ccc(NC[C@H](C(C)C)N(C)C)c([N+](=O)[O-])c2)CC1. The number of benzene rings is 1. The minimum absolute atomic E-state index is 0.0210. The number of nitrogens with one attached hydrogen (secondary N) is 1. The molecule has 1 aromatic carbocycles. The van der Waals surface area contributed by atoms with E-state index in [2.05, 4.69) is 31.0 Å². The maximum absolute atomic E-state index is 12.9. The lowest BCUT2D eigenvalue weighted by Gasteiger charge is -2.29. The van der Waals surface area contributed by atoms with Crippen LogP contribution in [-0.2, 0) is 10.0 Å². The Hall–Kier alpha value is -1.71. The molecule has 1 aliphatic heterocycles. The van der Waals surface area contributed by atoms with Crippen molar-refractivity contribution < 1.29 is 13.3 Å². The lowest BCUT2D eigenvalue weighted by Crippen LogP contribution is -2.39. The Morgan fingerprint density at radius 2 is 1.89 bits per heavy atom. The van der Waals surface area contributed by atoms with Crippen molar-refractivity contribution >= 4 is 21.4 Å². The zero-order valence-electron chi connectivity index (χ0n) is 17.4. The number of piperidine rings is 1. The standard InChI is InChI=1S/C19H32N4O4S/c1-14(2)19(21(4)5)13-20-17-7-6-16(12-18(17)23(24)25)28(26,27)22-10-8-15(3)9-11-22/h6-7,12,14-15,19-20H,8-11,13H2,1-5H3/t19-/m1/s1. The van der Waals surface area contributed by atoms with Crippen LogP contribution in [0.4, 0.5) is 11.4 Å². The molecule has 9 heteroatoms. The largest absolute Gasteiger partial charge is 0.378 e. The third kappa shape index (κ3) is 5.21. The summed E-state index contributed by atoms with van der Waals surface area (Å²) in [6.45, 7) is 7.73. The Balaban J connectivity index is 2.26. The molecule has 28 heavy (non-hydrogen) atoms. The van der Waals surface area contributed by atoms with E-state index in [-0.39, 0.29) is 16.6 Å². The van der Waals surface area contributed by atoms with Crippen molar-refractivity contribution in [2.45, 2.75) is 44.6 Å². The van der Waals surface area contributed by atoms with Crippen LogP contribution in [0.3, 0.4) is 0 Å². The number of anilines is 1. The first-order chi connectivity index (χ1) is 13.0. The highest BCUT2D eigenvalue weighted by molar-refractivity contribution is 7.89. The molecule has 2 rings (SSSR count). The fourth-order valence-corrected chi connectivity index (χ4v) is 5.07. The van der Waals surface area contributed by atoms with Crippen LogP contribution in [0.2, 0.25) is 0 Å². The highest BCUT2D eigenvalue weighted by Gasteiger charge is 2.30. The number of sulfonamides is 1. The minimum Gasteiger partial charge on any atom is -0.378 e. The zero-order valence-corrected chi connectivity index (χ0v) is 18.2. The summed E-state index contributed by atoms with van der Waals surface area (Å²) in [7, 11) is 0.213. The van der Waals surface area contributed by atoms with Gasteiger partial charge in [-0.3, -0.25) is 10.1 Å². The molecule has 0 radical (unpaired) electrons. The fraction of sp³-hybridized carbons (Fsp3) is 0.684. The molecule has 0 aliphatic carbocycles. The molecule has 1 atom stereocenters. The van der Waals surface area contributed by atoms with Gasteiger partial charge < -0.3 is 10.2 Å². The van der Waals surface area contributed by atoms with Crippen LogP contribution in [0.5, 0.6) is 0 Å². The molecule has 1 fully saturated rings. The quantitative estimate of drug-likeness (QED) is 0.521. The molecule has 0 unspecified atom stereocenters. The summed E-state index contributed by atoms with van der Waals surface area (Å²) in [5.41, 5.74) is 0.122. The van der Waals surface area contributed by atoms with Gasteiger partial charge in [-0.15, -0.1) is 0 Å². The number of rotatable bonds is 8. The van der Waals surface area contributed by atoms with E-state index in [1.54, 1.807) is 0 Å². The highest BCUT2D eigenvalue weighted by Crippen LogP contribution is 2.30. The van der Waals surface area contributed by atoms with Crippen molar-refractivity contribution in [3.05, 3.63) is 28.3 Å². The van der Waals surface area contributed by atoms with Crippen LogP contribution in [0.1, 0.15) is 33.6 Å². The van der Waals surface area contributed by atoms with Gasteiger partial charge in [0.2, 0.25) is 10.0 Å². The fourth-order valence-electron chi connectivity index (χ4n) is 3.58. The third-order valence-electron chi connectivity index (χ3n) is 5.48. The molecule has 1 heterocycles. The molecule has 1 N–H and O–H groups in total. The number of hydrogen-bond donors (Lipinski definition) is 1. The average Bonchev–Trinajstić information content (AvgIpc) is 2.61. The second-order valence-electron chi connectivity index (χ2n) is 8.18. The van der Waals surface area contributed by atoms with E-state index in [0.717, 1.165) is 12.8 Å². The number of likely N-dealkylation sites (N-methyl/N-ethyl adjacent to an activating group) is 1. The Morgan fingerprint density at radius 3 is 2.39 bits per heavy atom. The Morgan fingerprint density at radius 1 is 1.29 bits per heavy atom. The molecule has 0 saturated carbocycles. The Kier molecular flexibility index (Phi) is 7.41. The van der Waals surface area contributed by atoms with Crippen molar-refractivity contribution in [2.24, 2.45) is 11.8 Å². The van der Waals surface area contributed by atoms with Gasteiger partial charge in [-0.25, -0.2) is 8.42 Å². The summed E-state index contributed by atoms with van der Waals surface area (Å²) in [5, 5.41) is 14.7. The van der Waals surface area contributed by atoms with Crippen LogP contribution in [-0.4, -0.2) is 62.3 Å². The van der Waals surface area contributed by atoms with Gasteiger partial charge in [0.1, 0.15) is 5.69 Å². The van der Waals surface area contributed by atoms with Gasteiger partial charge in [-0.1, -0.05) is 20.8 Å². The molecule has 158 valence electrons. The molecule has 0 aromatic heterocycles. The molecule has 0 bridgehead atoms. The first-order valence-corrected chi connectivity index (χ1v) is 11.2.